The van der Waals surface area contributed by atoms with Crippen molar-refractivity contribution in [2.45, 2.75) is 52.1 Å². The Kier molecular flexibility index (Phi) is 8.11. The number of carbonyl (C=O) groups is 2. The number of amides is 2. The molecule has 0 aliphatic heterocycles. The van der Waals surface area contributed by atoms with E-state index in [9.17, 15) is 9.59 Å². The molecule has 0 spiro atoms. The number of hydrogen-bond donors (Lipinski definition) is 3. The Morgan fingerprint density at radius 1 is 1.33 bits per heavy atom. The molecule has 2 amide bonds. The van der Waals surface area contributed by atoms with Crippen LogP contribution in [0.1, 0.15) is 40.0 Å². The molecule has 0 unspecified atom stereocenters. The van der Waals surface area contributed by atoms with E-state index < -0.39 is 18.0 Å². The first-order chi connectivity index (χ1) is 8.43. The molecule has 0 radical (unpaired) electrons. The van der Waals surface area contributed by atoms with Crippen LogP contribution in [0.25, 0.3) is 0 Å². The fraction of sp³-hybridized carbons (Fsp3) is 0.833. The van der Waals surface area contributed by atoms with Gasteiger partial charge in [0.25, 0.3) is 0 Å². The topological polar surface area (TPSA) is 89.9 Å². The van der Waals surface area contributed by atoms with Crippen molar-refractivity contribution in [3.8, 4) is 0 Å². The van der Waals surface area contributed by atoms with E-state index in [0.29, 0.717) is 6.42 Å². The second-order valence-corrected chi connectivity index (χ2v) is 4.49. The number of urea groups is 1. The van der Waals surface area contributed by atoms with Crippen LogP contribution in [0.2, 0.25) is 0 Å². The number of aliphatic carboxylic acids is 1. The summed E-state index contributed by atoms with van der Waals surface area (Å²) in [6.07, 6.45) is 2.05. The SMILES string of the molecule is CCCC[C@H](NC(=O)N(CCO)C(C)C)C(=O)O. The van der Waals surface area contributed by atoms with Crippen LogP contribution in [-0.2, 0) is 4.79 Å². The summed E-state index contributed by atoms with van der Waals surface area (Å²) in [6.45, 7) is 5.66. The molecule has 0 aliphatic rings. The van der Waals surface area contributed by atoms with Crippen molar-refractivity contribution in [2.24, 2.45) is 0 Å². The van der Waals surface area contributed by atoms with Crippen LogP contribution in [0.15, 0.2) is 0 Å². The summed E-state index contributed by atoms with van der Waals surface area (Å²) in [5.41, 5.74) is 0. The summed E-state index contributed by atoms with van der Waals surface area (Å²) in [4.78, 5) is 24.3. The highest BCUT2D eigenvalue weighted by Gasteiger charge is 2.23. The van der Waals surface area contributed by atoms with Gasteiger partial charge in [0, 0.05) is 12.6 Å². The van der Waals surface area contributed by atoms with Crippen molar-refractivity contribution in [1.82, 2.24) is 10.2 Å². The third-order valence-corrected chi connectivity index (χ3v) is 2.67. The Labute approximate surface area is 108 Å². The number of aliphatic hydroxyl groups excluding tert-OH is 1. The molecular weight excluding hydrogens is 236 g/mol. The van der Waals surface area contributed by atoms with Gasteiger partial charge in [-0.1, -0.05) is 19.8 Å². The van der Waals surface area contributed by atoms with Gasteiger partial charge in [-0.2, -0.15) is 0 Å². The smallest absolute Gasteiger partial charge is 0.326 e. The predicted octanol–water partition coefficient (Wildman–Crippen LogP) is 1.04. The predicted molar refractivity (Wildman–Crippen MR) is 68.4 cm³/mol. The largest absolute Gasteiger partial charge is 0.480 e. The van der Waals surface area contributed by atoms with E-state index in [1.54, 1.807) is 0 Å². The standard InChI is InChI=1S/C12H24N2O4/c1-4-5-6-10(11(16)17)13-12(18)14(7-8-15)9(2)3/h9-10,15H,4-8H2,1-3H3,(H,13,18)(H,16,17)/t10-/m0/s1. The van der Waals surface area contributed by atoms with Gasteiger partial charge in [0.15, 0.2) is 0 Å². The molecule has 0 aromatic heterocycles. The second kappa shape index (κ2) is 8.74. The van der Waals surface area contributed by atoms with Gasteiger partial charge < -0.3 is 20.4 Å². The summed E-state index contributed by atoms with van der Waals surface area (Å²) in [7, 11) is 0. The number of hydrogen-bond acceptors (Lipinski definition) is 3. The minimum atomic E-state index is -1.02. The molecular formula is C12H24N2O4. The Bertz CT molecular complexity index is 269. The highest BCUT2D eigenvalue weighted by atomic mass is 16.4. The quantitative estimate of drug-likeness (QED) is 0.608. The van der Waals surface area contributed by atoms with Crippen molar-refractivity contribution in [2.75, 3.05) is 13.2 Å². The average Bonchev–Trinajstić information content (AvgIpc) is 2.30. The lowest BCUT2D eigenvalue weighted by Gasteiger charge is -2.27. The van der Waals surface area contributed by atoms with Crippen LogP contribution in [-0.4, -0.2) is 52.3 Å². The number of rotatable bonds is 8. The molecule has 18 heavy (non-hydrogen) atoms. The van der Waals surface area contributed by atoms with Crippen LogP contribution in [0, 0.1) is 0 Å². The lowest BCUT2D eigenvalue weighted by Crippen LogP contribution is -2.50. The summed E-state index contributed by atoms with van der Waals surface area (Å²) >= 11 is 0. The first-order valence-corrected chi connectivity index (χ1v) is 6.34. The van der Waals surface area contributed by atoms with Gasteiger partial charge in [0.05, 0.1) is 6.61 Å². The molecule has 1 atom stereocenters. The van der Waals surface area contributed by atoms with Gasteiger partial charge in [-0.05, 0) is 20.3 Å². The summed E-state index contributed by atoms with van der Waals surface area (Å²) in [5, 5.41) is 20.4. The third-order valence-electron chi connectivity index (χ3n) is 2.67. The highest BCUT2D eigenvalue weighted by molar-refractivity contribution is 5.82. The molecule has 0 bridgehead atoms. The zero-order valence-electron chi connectivity index (χ0n) is 11.3. The van der Waals surface area contributed by atoms with Gasteiger partial charge in [0.1, 0.15) is 6.04 Å². The second-order valence-electron chi connectivity index (χ2n) is 4.49. The molecule has 0 aromatic carbocycles. The Morgan fingerprint density at radius 2 is 1.94 bits per heavy atom. The normalized spacial score (nSPS) is 12.3. The van der Waals surface area contributed by atoms with Gasteiger partial charge >= 0.3 is 12.0 Å². The zero-order valence-corrected chi connectivity index (χ0v) is 11.3. The fourth-order valence-electron chi connectivity index (χ4n) is 1.60. The maximum atomic E-state index is 11.9. The molecule has 3 N–H and O–H groups in total. The van der Waals surface area contributed by atoms with E-state index >= 15 is 0 Å². The summed E-state index contributed by atoms with van der Waals surface area (Å²) < 4.78 is 0. The van der Waals surface area contributed by atoms with Gasteiger partial charge in [-0.25, -0.2) is 9.59 Å². The number of carboxylic acids is 1. The van der Waals surface area contributed by atoms with E-state index in [0.717, 1.165) is 12.8 Å². The fourth-order valence-corrected chi connectivity index (χ4v) is 1.60. The number of nitrogens with one attached hydrogen (secondary N) is 1. The molecule has 0 aromatic rings. The van der Waals surface area contributed by atoms with Crippen molar-refractivity contribution in [3.63, 3.8) is 0 Å². The molecule has 0 aliphatic carbocycles. The van der Waals surface area contributed by atoms with E-state index in [2.05, 4.69) is 5.32 Å². The van der Waals surface area contributed by atoms with Crippen LogP contribution in [0.5, 0.6) is 0 Å². The van der Waals surface area contributed by atoms with Crippen molar-refractivity contribution >= 4 is 12.0 Å². The van der Waals surface area contributed by atoms with Crippen molar-refractivity contribution in [3.05, 3.63) is 0 Å². The number of unbranched alkanes of at least 4 members (excludes halogenated alkanes) is 1. The summed E-state index contributed by atoms with van der Waals surface area (Å²) in [5.74, 6) is -1.02. The van der Waals surface area contributed by atoms with E-state index in [-0.39, 0.29) is 19.2 Å². The maximum absolute atomic E-state index is 11.9. The number of aliphatic hydroxyl groups is 1. The number of nitrogens with zero attached hydrogens (tertiary/aromatic N) is 1. The first-order valence-electron chi connectivity index (χ1n) is 6.34. The minimum absolute atomic E-state index is 0.0854. The van der Waals surface area contributed by atoms with Crippen molar-refractivity contribution in [1.29, 1.82) is 0 Å². The van der Waals surface area contributed by atoms with Crippen LogP contribution in [0.4, 0.5) is 4.79 Å². The monoisotopic (exact) mass is 260 g/mol. The van der Waals surface area contributed by atoms with E-state index in [4.69, 9.17) is 10.2 Å². The number of carboxylic acid groups (broad SMARTS) is 1. The van der Waals surface area contributed by atoms with Gasteiger partial charge in [-0.3, -0.25) is 0 Å². The third kappa shape index (κ3) is 5.86. The maximum Gasteiger partial charge on any atom is 0.326 e. The first kappa shape index (κ1) is 16.7. The Balaban J connectivity index is 4.50. The van der Waals surface area contributed by atoms with E-state index in [1.165, 1.54) is 4.90 Å². The molecule has 0 fully saturated rings. The van der Waals surface area contributed by atoms with Gasteiger partial charge in [0.2, 0.25) is 0 Å². The molecule has 0 saturated heterocycles. The molecule has 6 heteroatoms. The minimum Gasteiger partial charge on any atom is -0.480 e. The Morgan fingerprint density at radius 3 is 2.33 bits per heavy atom. The zero-order chi connectivity index (χ0) is 14.1. The van der Waals surface area contributed by atoms with Gasteiger partial charge in [-0.15, -0.1) is 0 Å². The van der Waals surface area contributed by atoms with E-state index in [1.807, 2.05) is 20.8 Å². The lowest BCUT2D eigenvalue weighted by molar-refractivity contribution is -0.139. The molecule has 0 saturated carbocycles. The Hall–Kier alpha value is -1.30. The summed E-state index contributed by atoms with van der Waals surface area (Å²) in [6, 6.07) is -1.39. The average molecular weight is 260 g/mol. The number of carbonyl (C=O) groups excluding carboxylic acids is 1. The van der Waals surface area contributed by atoms with Crippen LogP contribution in [0.3, 0.4) is 0 Å². The van der Waals surface area contributed by atoms with Crippen LogP contribution < -0.4 is 5.32 Å². The van der Waals surface area contributed by atoms with Crippen LogP contribution >= 0.6 is 0 Å². The molecule has 6 nitrogen and oxygen atoms in total. The molecule has 106 valence electrons. The highest BCUT2D eigenvalue weighted by Crippen LogP contribution is 2.04. The molecule has 0 rings (SSSR count). The molecule has 0 heterocycles. The van der Waals surface area contributed by atoms with Crippen molar-refractivity contribution < 1.29 is 19.8 Å². The lowest BCUT2D eigenvalue weighted by atomic mass is 10.1.